The Kier molecular flexibility index (Phi) is 3.40. The average Bonchev–Trinajstić information content (AvgIpc) is 2.76. The molecule has 0 saturated heterocycles. The number of rotatable bonds is 5. The standard InChI is InChI=1S/C11H15N5O2/c1-6(2)3-7(11(17)18)16-10-8-9(13-4-12-8)14-5-15-10/h4-7H,3H2,1-2H3,(H,17,18)(H2,12,13,14,15,16)/p-1/t7-/m0/s1. The molecular formula is C11H14N5O2-. The van der Waals surface area contributed by atoms with Crippen molar-refractivity contribution in [2.75, 3.05) is 5.32 Å². The van der Waals surface area contributed by atoms with E-state index in [4.69, 9.17) is 0 Å². The highest BCUT2D eigenvalue weighted by atomic mass is 16.4. The summed E-state index contributed by atoms with van der Waals surface area (Å²) in [7, 11) is 0. The molecule has 0 aliphatic heterocycles. The SMILES string of the molecule is CC(C)C[C@H](Nc1ncnc2nc[nH]c12)C(=O)[O-]. The predicted molar refractivity (Wildman–Crippen MR) is 63.6 cm³/mol. The molecule has 0 aliphatic carbocycles. The first-order chi connectivity index (χ1) is 8.58. The van der Waals surface area contributed by atoms with Crippen LogP contribution in [0.5, 0.6) is 0 Å². The molecule has 0 unspecified atom stereocenters. The molecule has 1 atom stereocenters. The fraction of sp³-hybridized carbons (Fsp3) is 0.455. The molecule has 0 bridgehead atoms. The Morgan fingerprint density at radius 1 is 1.44 bits per heavy atom. The van der Waals surface area contributed by atoms with E-state index in [-0.39, 0.29) is 5.92 Å². The summed E-state index contributed by atoms with van der Waals surface area (Å²) in [5, 5.41) is 13.9. The average molecular weight is 248 g/mol. The van der Waals surface area contributed by atoms with Crippen molar-refractivity contribution in [1.82, 2.24) is 19.9 Å². The monoisotopic (exact) mass is 248 g/mol. The lowest BCUT2D eigenvalue weighted by Gasteiger charge is -2.21. The van der Waals surface area contributed by atoms with Gasteiger partial charge in [0.2, 0.25) is 0 Å². The van der Waals surface area contributed by atoms with Gasteiger partial charge in [0, 0.05) is 0 Å². The Hall–Kier alpha value is -2.18. The number of aliphatic carboxylic acids is 1. The lowest BCUT2D eigenvalue weighted by molar-refractivity contribution is -0.307. The number of carboxylic acids is 1. The number of carbonyl (C=O) groups excluding carboxylic acids is 1. The van der Waals surface area contributed by atoms with Crippen molar-refractivity contribution >= 4 is 23.0 Å². The zero-order valence-corrected chi connectivity index (χ0v) is 10.2. The van der Waals surface area contributed by atoms with E-state index in [1.165, 1.54) is 12.7 Å². The first kappa shape index (κ1) is 12.3. The highest BCUT2D eigenvalue weighted by Gasteiger charge is 2.15. The summed E-state index contributed by atoms with van der Waals surface area (Å²) in [6.45, 7) is 3.90. The number of nitrogens with zero attached hydrogens (tertiary/aromatic N) is 3. The number of anilines is 1. The fourth-order valence-corrected chi connectivity index (χ4v) is 1.73. The normalized spacial score (nSPS) is 12.8. The van der Waals surface area contributed by atoms with Crippen LogP contribution in [0.1, 0.15) is 20.3 Å². The van der Waals surface area contributed by atoms with Gasteiger partial charge < -0.3 is 20.2 Å². The predicted octanol–water partition coefficient (Wildman–Crippen LogP) is -0.0706. The highest BCUT2D eigenvalue weighted by molar-refractivity contribution is 5.85. The van der Waals surface area contributed by atoms with Gasteiger partial charge in [0.1, 0.15) is 11.8 Å². The number of carboxylic acid groups (broad SMARTS) is 1. The minimum absolute atomic E-state index is 0.236. The first-order valence-corrected chi connectivity index (χ1v) is 5.69. The number of hydrogen-bond acceptors (Lipinski definition) is 6. The molecule has 0 spiro atoms. The molecule has 2 aromatic rings. The van der Waals surface area contributed by atoms with Crippen LogP contribution in [0.15, 0.2) is 12.7 Å². The van der Waals surface area contributed by atoms with Gasteiger partial charge in [0.05, 0.1) is 18.3 Å². The van der Waals surface area contributed by atoms with Crippen LogP contribution < -0.4 is 10.4 Å². The van der Waals surface area contributed by atoms with Crippen molar-refractivity contribution in [3.05, 3.63) is 12.7 Å². The molecule has 18 heavy (non-hydrogen) atoms. The quantitative estimate of drug-likeness (QED) is 0.767. The molecule has 2 aromatic heterocycles. The number of imidazole rings is 1. The maximum absolute atomic E-state index is 11.1. The molecule has 0 fully saturated rings. The van der Waals surface area contributed by atoms with Crippen molar-refractivity contribution < 1.29 is 9.90 Å². The molecule has 0 amide bonds. The van der Waals surface area contributed by atoms with Crippen molar-refractivity contribution in [2.24, 2.45) is 5.92 Å². The second-order valence-corrected chi connectivity index (χ2v) is 4.47. The largest absolute Gasteiger partial charge is 0.548 e. The van der Waals surface area contributed by atoms with E-state index >= 15 is 0 Å². The minimum Gasteiger partial charge on any atom is -0.548 e. The van der Waals surface area contributed by atoms with E-state index in [1.807, 2.05) is 13.8 Å². The van der Waals surface area contributed by atoms with Crippen LogP contribution in [0.4, 0.5) is 5.82 Å². The molecular weight excluding hydrogens is 234 g/mol. The Bertz CT molecular complexity index is 551. The topological polar surface area (TPSA) is 107 Å². The summed E-state index contributed by atoms with van der Waals surface area (Å²) in [5.74, 6) is -0.484. The molecule has 2 heterocycles. The van der Waals surface area contributed by atoms with Crippen LogP contribution in [0.25, 0.3) is 11.2 Å². The smallest absolute Gasteiger partial charge is 0.182 e. The van der Waals surface area contributed by atoms with E-state index in [1.54, 1.807) is 0 Å². The van der Waals surface area contributed by atoms with Gasteiger partial charge in [-0.15, -0.1) is 0 Å². The molecule has 0 saturated carbocycles. The summed E-state index contributed by atoms with van der Waals surface area (Å²) in [4.78, 5) is 25.9. The van der Waals surface area contributed by atoms with Gasteiger partial charge in [-0.2, -0.15) is 0 Å². The maximum atomic E-state index is 11.1. The molecule has 2 rings (SSSR count). The van der Waals surface area contributed by atoms with E-state index in [9.17, 15) is 9.90 Å². The van der Waals surface area contributed by atoms with Gasteiger partial charge in [-0.25, -0.2) is 15.0 Å². The van der Waals surface area contributed by atoms with Crippen LogP contribution in [-0.2, 0) is 4.79 Å². The summed E-state index contributed by atoms with van der Waals surface area (Å²) in [6, 6.07) is -0.786. The van der Waals surface area contributed by atoms with E-state index < -0.39 is 12.0 Å². The summed E-state index contributed by atoms with van der Waals surface area (Å²) in [6.07, 6.45) is 3.29. The molecule has 0 radical (unpaired) electrons. The Balaban J connectivity index is 2.25. The number of nitrogens with one attached hydrogen (secondary N) is 2. The molecule has 96 valence electrons. The van der Waals surface area contributed by atoms with Gasteiger partial charge in [-0.05, 0) is 12.3 Å². The fourth-order valence-electron chi connectivity index (χ4n) is 1.73. The number of H-pyrrole nitrogens is 1. The highest BCUT2D eigenvalue weighted by Crippen LogP contribution is 2.17. The first-order valence-electron chi connectivity index (χ1n) is 5.69. The number of hydrogen-bond donors (Lipinski definition) is 2. The van der Waals surface area contributed by atoms with Crippen molar-refractivity contribution in [1.29, 1.82) is 0 Å². The van der Waals surface area contributed by atoms with E-state index in [0.29, 0.717) is 23.4 Å². The van der Waals surface area contributed by atoms with Crippen LogP contribution in [-0.4, -0.2) is 31.9 Å². The van der Waals surface area contributed by atoms with E-state index in [2.05, 4.69) is 25.3 Å². The van der Waals surface area contributed by atoms with Crippen molar-refractivity contribution in [2.45, 2.75) is 26.3 Å². The Morgan fingerprint density at radius 3 is 2.89 bits per heavy atom. The summed E-state index contributed by atoms with van der Waals surface area (Å²) >= 11 is 0. The van der Waals surface area contributed by atoms with Crippen molar-refractivity contribution in [3.63, 3.8) is 0 Å². The maximum Gasteiger partial charge on any atom is 0.182 e. The molecule has 2 N–H and O–H groups in total. The summed E-state index contributed by atoms with van der Waals surface area (Å²) < 4.78 is 0. The number of fused-ring (bicyclic) bond motifs is 1. The third-order valence-corrected chi connectivity index (χ3v) is 2.53. The van der Waals surface area contributed by atoms with Crippen LogP contribution in [0.3, 0.4) is 0 Å². The second kappa shape index (κ2) is 4.99. The lowest BCUT2D eigenvalue weighted by atomic mass is 10.0. The lowest BCUT2D eigenvalue weighted by Crippen LogP contribution is -2.41. The number of aromatic amines is 1. The molecule has 0 aliphatic rings. The van der Waals surface area contributed by atoms with E-state index in [0.717, 1.165) is 0 Å². The van der Waals surface area contributed by atoms with Gasteiger partial charge in [-0.1, -0.05) is 13.8 Å². The van der Waals surface area contributed by atoms with Gasteiger partial charge in [0.25, 0.3) is 0 Å². The second-order valence-electron chi connectivity index (χ2n) is 4.47. The number of aromatic nitrogens is 4. The van der Waals surface area contributed by atoms with Gasteiger partial charge >= 0.3 is 0 Å². The zero-order chi connectivity index (χ0) is 13.1. The molecule has 7 nitrogen and oxygen atoms in total. The van der Waals surface area contributed by atoms with Gasteiger partial charge in [0.15, 0.2) is 11.5 Å². The van der Waals surface area contributed by atoms with Crippen LogP contribution in [0, 0.1) is 5.92 Å². The Labute approximate surface area is 104 Å². The number of carbonyl (C=O) groups is 1. The van der Waals surface area contributed by atoms with Gasteiger partial charge in [-0.3, -0.25) is 0 Å². The van der Waals surface area contributed by atoms with Crippen LogP contribution in [0.2, 0.25) is 0 Å². The minimum atomic E-state index is -1.14. The molecule has 0 aromatic carbocycles. The third kappa shape index (κ3) is 2.55. The molecule has 7 heteroatoms. The van der Waals surface area contributed by atoms with Crippen LogP contribution >= 0.6 is 0 Å². The third-order valence-electron chi connectivity index (χ3n) is 2.53. The Morgan fingerprint density at radius 2 is 2.22 bits per heavy atom. The zero-order valence-electron chi connectivity index (χ0n) is 10.2. The van der Waals surface area contributed by atoms with Crippen molar-refractivity contribution in [3.8, 4) is 0 Å². The summed E-state index contributed by atoms with van der Waals surface area (Å²) in [5.41, 5.74) is 1.08.